The molecule has 0 fully saturated rings. The maximum Gasteiger partial charge on any atom is 0.417 e. The van der Waals surface area contributed by atoms with Gasteiger partial charge in [-0.05, 0) is 30.7 Å². The molecule has 11 heteroatoms. The average molecular weight is 473 g/mol. The molecule has 4 heterocycles. The number of hydrogen-bond donors (Lipinski definition) is 1. The van der Waals surface area contributed by atoms with Crippen molar-refractivity contribution in [3.8, 4) is 11.3 Å². The zero-order valence-corrected chi connectivity index (χ0v) is 18.2. The van der Waals surface area contributed by atoms with E-state index >= 15 is 0 Å². The highest BCUT2D eigenvalue weighted by Crippen LogP contribution is 2.35. The second-order valence-electron chi connectivity index (χ2n) is 7.68. The zero-order chi connectivity index (χ0) is 23.5. The fraction of sp³-hybridized carbons (Fsp3) is 0.182. The largest absolute Gasteiger partial charge is 0.417 e. The highest BCUT2D eigenvalue weighted by Gasteiger charge is 2.33. The molecule has 4 aromatic heterocycles. The van der Waals surface area contributed by atoms with Crippen LogP contribution in [0.5, 0.6) is 0 Å². The van der Waals surface area contributed by atoms with Crippen LogP contribution in [0.1, 0.15) is 17.0 Å². The first-order valence-electron chi connectivity index (χ1n) is 9.86. The molecule has 7 nitrogen and oxygen atoms in total. The SMILES string of the molecule is Cc1nc2ncc(-c3cn(C)c(=O)c4[nH]ccc34)nc2n1Cc1ccc(Cl)c(C(F)(F)F)c1. The van der Waals surface area contributed by atoms with Gasteiger partial charge in [-0.15, -0.1) is 0 Å². The minimum Gasteiger partial charge on any atom is -0.357 e. The normalized spacial score (nSPS) is 12.2. The highest BCUT2D eigenvalue weighted by molar-refractivity contribution is 6.31. The number of halogens is 4. The van der Waals surface area contributed by atoms with Crippen LogP contribution in [-0.2, 0) is 19.8 Å². The summed E-state index contributed by atoms with van der Waals surface area (Å²) in [5, 5.41) is 0.341. The van der Waals surface area contributed by atoms with E-state index in [4.69, 9.17) is 16.6 Å². The van der Waals surface area contributed by atoms with Gasteiger partial charge in [-0.1, -0.05) is 17.7 Å². The lowest BCUT2D eigenvalue weighted by Gasteiger charge is -2.12. The van der Waals surface area contributed by atoms with Crippen LogP contribution in [0.4, 0.5) is 13.2 Å². The minimum atomic E-state index is -4.56. The molecule has 0 aliphatic heterocycles. The van der Waals surface area contributed by atoms with Crippen molar-refractivity contribution in [1.82, 2.24) is 29.1 Å². The van der Waals surface area contributed by atoms with E-state index in [0.29, 0.717) is 44.8 Å². The second kappa shape index (κ2) is 7.45. The number of aryl methyl sites for hydroxylation is 2. The summed E-state index contributed by atoms with van der Waals surface area (Å²) >= 11 is 5.75. The van der Waals surface area contributed by atoms with E-state index in [1.165, 1.54) is 16.7 Å². The topological polar surface area (TPSA) is 81.4 Å². The lowest BCUT2D eigenvalue weighted by atomic mass is 10.1. The minimum absolute atomic E-state index is 0.105. The third-order valence-corrected chi connectivity index (χ3v) is 5.83. The molecule has 0 unspecified atom stereocenters. The van der Waals surface area contributed by atoms with Gasteiger partial charge in [0.15, 0.2) is 11.3 Å². The predicted octanol–water partition coefficient (Wildman–Crippen LogP) is 4.70. The molecule has 1 aromatic carbocycles. The fourth-order valence-electron chi connectivity index (χ4n) is 3.86. The maximum absolute atomic E-state index is 13.3. The van der Waals surface area contributed by atoms with Gasteiger partial charge in [-0.25, -0.2) is 15.0 Å². The van der Waals surface area contributed by atoms with Crippen LogP contribution < -0.4 is 5.56 Å². The quantitative estimate of drug-likeness (QED) is 0.412. The Bertz CT molecular complexity index is 1600. The number of imidazole rings is 1. The van der Waals surface area contributed by atoms with E-state index < -0.39 is 11.7 Å². The van der Waals surface area contributed by atoms with Crippen LogP contribution >= 0.6 is 11.6 Å². The molecule has 168 valence electrons. The number of H-pyrrole nitrogens is 1. The molecule has 5 aromatic rings. The van der Waals surface area contributed by atoms with E-state index in [1.54, 1.807) is 43.2 Å². The number of rotatable bonds is 3. The molecular formula is C22H16ClF3N6O. The summed E-state index contributed by atoms with van der Waals surface area (Å²) in [4.78, 5) is 28.8. The second-order valence-corrected chi connectivity index (χ2v) is 8.09. The van der Waals surface area contributed by atoms with E-state index in [-0.39, 0.29) is 17.1 Å². The van der Waals surface area contributed by atoms with Gasteiger partial charge in [-0.2, -0.15) is 13.2 Å². The molecule has 5 rings (SSSR count). The summed E-state index contributed by atoms with van der Waals surface area (Å²) in [5.41, 5.74) is 1.78. The number of pyridine rings is 1. The Morgan fingerprint density at radius 2 is 1.97 bits per heavy atom. The van der Waals surface area contributed by atoms with Crippen molar-refractivity contribution in [2.45, 2.75) is 19.6 Å². The van der Waals surface area contributed by atoms with E-state index in [0.717, 1.165) is 6.07 Å². The first kappa shape index (κ1) is 21.2. The number of alkyl halides is 3. The van der Waals surface area contributed by atoms with Gasteiger partial charge in [0, 0.05) is 30.4 Å². The molecule has 0 aliphatic rings. The van der Waals surface area contributed by atoms with Gasteiger partial charge in [-0.3, -0.25) is 4.79 Å². The summed E-state index contributed by atoms with van der Waals surface area (Å²) in [6.45, 7) is 1.84. The number of benzene rings is 1. The molecule has 0 spiro atoms. The summed E-state index contributed by atoms with van der Waals surface area (Å²) in [6.07, 6.45) is 0.359. The number of aromatic amines is 1. The summed E-state index contributed by atoms with van der Waals surface area (Å²) in [7, 11) is 1.64. The van der Waals surface area contributed by atoms with Crippen molar-refractivity contribution in [2.75, 3.05) is 0 Å². The van der Waals surface area contributed by atoms with Gasteiger partial charge in [0.25, 0.3) is 5.56 Å². The summed E-state index contributed by atoms with van der Waals surface area (Å²) in [5.74, 6) is 0.554. The lowest BCUT2D eigenvalue weighted by molar-refractivity contribution is -0.137. The Morgan fingerprint density at radius 3 is 2.73 bits per heavy atom. The third kappa shape index (κ3) is 3.56. The fourth-order valence-corrected chi connectivity index (χ4v) is 4.09. The highest BCUT2D eigenvalue weighted by atomic mass is 35.5. The molecule has 1 N–H and O–H groups in total. The Morgan fingerprint density at radius 1 is 1.18 bits per heavy atom. The van der Waals surface area contributed by atoms with Crippen LogP contribution in [0.25, 0.3) is 33.5 Å². The first-order chi connectivity index (χ1) is 15.6. The van der Waals surface area contributed by atoms with Gasteiger partial charge in [0.1, 0.15) is 11.3 Å². The summed E-state index contributed by atoms with van der Waals surface area (Å²) in [6, 6.07) is 5.59. The van der Waals surface area contributed by atoms with E-state index in [2.05, 4.69) is 15.0 Å². The van der Waals surface area contributed by atoms with Crippen molar-refractivity contribution in [2.24, 2.45) is 7.05 Å². The smallest absolute Gasteiger partial charge is 0.357 e. The predicted molar refractivity (Wildman–Crippen MR) is 118 cm³/mol. The number of nitrogens with one attached hydrogen (secondary N) is 1. The number of fused-ring (bicyclic) bond motifs is 2. The third-order valence-electron chi connectivity index (χ3n) is 5.50. The molecule has 0 amide bonds. The number of aromatic nitrogens is 6. The molecule has 0 atom stereocenters. The van der Waals surface area contributed by atoms with Crippen molar-refractivity contribution in [3.63, 3.8) is 0 Å². The molecule has 0 saturated heterocycles. The lowest BCUT2D eigenvalue weighted by Crippen LogP contribution is -2.16. The molecular weight excluding hydrogens is 457 g/mol. The van der Waals surface area contributed by atoms with E-state index in [9.17, 15) is 18.0 Å². The van der Waals surface area contributed by atoms with Crippen LogP contribution in [0, 0.1) is 6.92 Å². The zero-order valence-electron chi connectivity index (χ0n) is 17.4. The Kier molecular flexibility index (Phi) is 4.78. The van der Waals surface area contributed by atoms with Crippen molar-refractivity contribution < 1.29 is 13.2 Å². The monoisotopic (exact) mass is 472 g/mol. The van der Waals surface area contributed by atoms with Gasteiger partial charge in [0.05, 0.1) is 29.0 Å². The number of hydrogen-bond acceptors (Lipinski definition) is 4. The maximum atomic E-state index is 13.3. The van der Waals surface area contributed by atoms with Gasteiger partial charge >= 0.3 is 6.18 Å². The van der Waals surface area contributed by atoms with Crippen LogP contribution in [0.3, 0.4) is 0 Å². The molecule has 0 saturated carbocycles. The standard InChI is InChI=1S/C22H16ClF3N6O/c1-11-29-19-20(32(11)9-12-3-4-16(23)15(7-12)22(24,25)26)30-17(8-28-19)14-10-31(2)21(33)18-13(14)5-6-27-18/h3-8,10,27H,9H2,1-2H3. The Labute approximate surface area is 189 Å². The van der Waals surface area contributed by atoms with Crippen LogP contribution in [-0.4, -0.2) is 29.1 Å². The van der Waals surface area contributed by atoms with Crippen molar-refractivity contribution in [3.05, 3.63) is 75.2 Å². The van der Waals surface area contributed by atoms with Crippen molar-refractivity contribution in [1.29, 1.82) is 0 Å². The first-order valence-corrected chi connectivity index (χ1v) is 10.2. The molecule has 0 bridgehead atoms. The Balaban J connectivity index is 1.64. The van der Waals surface area contributed by atoms with Crippen LogP contribution in [0.2, 0.25) is 5.02 Å². The molecule has 0 radical (unpaired) electrons. The average Bonchev–Trinajstić information content (AvgIpc) is 3.36. The van der Waals surface area contributed by atoms with Crippen LogP contribution in [0.15, 0.2) is 47.7 Å². The van der Waals surface area contributed by atoms with E-state index in [1.807, 2.05) is 0 Å². The summed E-state index contributed by atoms with van der Waals surface area (Å²) < 4.78 is 43.0. The molecule has 0 aliphatic carbocycles. The number of nitrogens with zero attached hydrogens (tertiary/aromatic N) is 5. The van der Waals surface area contributed by atoms with Crippen molar-refractivity contribution >= 4 is 33.8 Å². The Hall–Kier alpha value is -3.66. The molecule has 33 heavy (non-hydrogen) atoms. The van der Waals surface area contributed by atoms with Gasteiger partial charge < -0.3 is 14.1 Å². The van der Waals surface area contributed by atoms with Gasteiger partial charge in [0.2, 0.25) is 0 Å².